The normalized spacial score (nSPS) is 11.1. The molecule has 1 aromatic heterocycles. The number of nitrogens with one attached hydrogen (secondary N) is 1. The van der Waals surface area contributed by atoms with Crippen LogP contribution in [0.15, 0.2) is 65.5 Å². The second-order valence-electron chi connectivity index (χ2n) is 6.60. The van der Waals surface area contributed by atoms with Crippen molar-refractivity contribution in [2.75, 3.05) is 5.32 Å². The van der Waals surface area contributed by atoms with Gasteiger partial charge in [0.2, 0.25) is 5.91 Å². The molecule has 0 spiro atoms. The minimum absolute atomic E-state index is 0.119. The van der Waals surface area contributed by atoms with Crippen LogP contribution in [0.25, 0.3) is 21.8 Å². The molecule has 1 N–H and O–H groups in total. The molecular weight excluding hydrogens is 362 g/mol. The summed E-state index contributed by atoms with van der Waals surface area (Å²) < 4.78 is 29.4. The van der Waals surface area contributed by atoms with E-state index in [-0.39, 0.29) is 12.0 Å². The van der Waals surface area contributed by atoms with Crippen LogP contribution in [0, 0.1) is 18.6 Å². The monoisotopic (exact) mass is 378 g/mol. The Bertz CT molecular complexity index is 1270. The largest absolute Gasteiger partial charge is 0.331 e. The van der Waals surface area contributed by atoms with Crippen molar-refractivity contribution in [3.05, 3.63) is 88.1 Å². The summed E-state index contributed by atoms with van der Waals surface area (Å²) in [5, 5.41) is 3.26. The zero-order valence-electron chi connectivity index (χ0n) is 15.0. The molecule has 0 unspecified atom stereocenters. The van der Waals surface area contributed by atoms with Gasteiger partial charge in [-0.2, -0.15) is 0 Å². The van der Waals surface area contributed by atoms with E-state index in [2.05, 4.69) is 5.32 Å². The fraction of sp³-hybridized carbons (Fsp3) is 0.0909. The summed E-state index contributed by atoms with van der Waals surface area (Å²) >= 11 is 0. The number of carbonyl (C=O) groups excluding carboxylic acids is 1. The van der Waals surface area contributed by atoms with Gasteiger partial charge in [0.1, 0.15) is 23.9 Å². The molecule has 0 atom stereocenters. The lowest BCUT2D eigenvalue weighted by molar-refractivity contribution is -0.116. The molecule has 0 fully saturated rings. The summed E-state index contributed by atoms with van der Waals surface area (Å²) in [5.74, 6) is -2.29. The first kappa shape index (κ1) is 17.9. The second kappa shape index (κ2) is 6.88. The van der Waals surface area contributed by atoms with E-state index >= 15 is 0 Å². The molecule has 0 aliphatic heterocycles. The van der Waals surface area contributed by atoms with Crippen LogP contribution >= 0.6 is 0 Å². The number of carbonyl (C=O) groups is 1. The first-order valence-corrected chi connectivity index (χ1v) is 8.71. The van der Waals surface area contributed by atoms with E-state index in [1.807, 2.05) is 13.0 Å². The van der Waals surface area contributed by atoms with Crippen molar-refractivity contribution in [2.24, 2.45) is 0 Å². The lowest BCUT2D eigenvalue weighted by Crippen LogP contribution is -2.22. The third-order valence-corrected chi connectivity index (χ3v) is 4.66. The molecular formula is C22H16F2N2O2. The van der Waals surface area contributed by atoms with Crippen LogP contribution < -0.4 is 10.7 Å². The van der Waals surface area contributed by atoms with Crippen LogP contribution in [-0.4, -0.2) is 10.5 Å². The minimum Gasteiger partial charge on any atom is -0.331 e. The van der Waals surface area contributed by atoms with Gasteiger partial charge in [0.25, 0.3) is 0 Å². The number of fused-ring (bicyclic) bond motifs is 2. The highest BCUT2D eigenvalue weighted by Crippen LogP contribution is 2.22. The SMILES string of the molecule is Cc1ccc2c(c1)c(=O)c1ccccc1n2CC(=O)Nc1c(F)cccc1F. The quantitative estimate of drug-likeness (QED) is 0.538. The van der Waals surface area contributed by atoms with E-state index in [0.717, 1.165) is 17.7 Å². The molecule has 0 saturated heterocycles. The van der Waals surface area contributed by atoms with Crippen molar-refractivity contribution in [3.63, 3.8) is 0 Å². The first-order valence-electron chi connectivity index (χ1n) is 8.71. The van der Waals surface area contributed by atoms with E-state index in [1.165, 1.54) is 6.07 Å². The molecule has 0 radical (unpaired) electrons. The number of aromatic nitrogens is 1. The first-order chi connectivity index (χ1) is 13.5. The van der Waals surface area contributed by atoms with E-state index in [0.29, 0.717) is 21.8 Å². The summed E-state index contributed by atoms with van der Waals surface area (Å²) in [6, 6.07) is 15.7. The highest BCUT2D eigenvalue weighted by molar-refractivity contribution is 5.97. The van der Waals surface area contributed by atoms with Crippen molar-refractivity contribution < 1.29 is 13.6 Å². The molecule has 4 rings (SSSR count). The van der Waals surface area contributed by atoms with E-state index in [4.69, 9.17) is 0 Å². The topological polar surface area (TPSA) is 51.1 Å². The zero-order chi connectivity index (χ0) is 19.8. The average molecular weight is 378 g/mol. The zero-order valence-corrected chi connectivity index (χ0v) is 15.0. The van der Waals surface area contributed by atoms with Crippen molar-refractivity contribution in [1.29, 1.82) is 0 Å². The van der Waals surface area contributed by atoms with Gasteiger partial charge in [0, 0.05) is 10.8 Å². The maximum absolute atomic E-state index is 13.9. The standard InChI is InChI=1S/C22H16F2N2O2/c1-13-9-10-19-15(11-13)22(28)14-5-2-3-8-18(14)26(19)12-20(27)25-21-16(23)6-4-7-17(21)24/h2-11H,12H2,1H3,(H,25,27). The predicted octanol–water partition coefficient (Wildman–Crippen LogP) is 4.38. The lowest BCUT2D eigenvalue weighted by atomic mass is 10.1. The van der Waals surface area contributed by atoms with Crippen LogP contribution in [0.5, 0.6) is 0 Å². The lowest BCUT2D eigenvalue weighted by Gasteiger charge is -2.16. The number of amides is 1. The number of aryl methyl sites for hydroxylation is 1. The van der Waals surface area contributed by atoms with E-state index in [9.17, 15) is 18.4 Å². The fourth-order valence-corrected chi connectivity index (χ4v) is 3.35. The fourth-order valence-electron chi connectivity index (χ4n) is 3.35. The molecule has 4 aromatic rings. The van der Waals surface area contributed by atoms with Crippen molar-refractivity contribution in [3.8, 4) is 0 Å². The summed E-state index contributed by atoms with van der Waals surface area (Å²) in [4.78, 5) is 25.4. The maximum Gasteiger partial charge on any atom is 0.244 e. The molecule has 6 heteroatoms. The Labute approximate surface area is 159 Å². The Hall–Kier alpha value is -3.54. The van der Waals surface area contributed by atoms with Crippen LogP contribution in [0.1, 0.15) is 5.56 Å². The van der Waals surface area contributed by atoms with Gasteiger partial charge in [-0.1, -0.05) is 29.8 Å². The Kier molecular flexibility index (Phi) is 4.39. The second-order valence-corrected chi connectivity index (χ2v) is 6.60. The Balaban J connectivity index is 1.84. The Morgan fingerprint density at radius 3 is 2.36 bits per heavy atom. The maximum atomic E-state index is 13.9. The van der Waals surface area contributed by atoms with Gasteiger partial charge in [-0.05, 0) is 43.3 Å². The van der Waals surface area contributed by atoms with Crippen LogP contribution in [-0.2, 0) is 11.3 Å². The number of anilines is 1. The average Bonchev–Trinajstić information content (AvgIpc) is 2.68. The van der Waals surface area contributed by atoms with Gasteiger partial charge in [-0.25, -0.2) is 8.78 Å². The van der Waals surface area contributed by atoms with E-state index in [1.54, 1.807) is 41.0 Å². The molecule has 0 bridgehead atoms. The number of hydrogen-bond donors (Lipinski definition) is 1. The third-order valence-electron chi connectivity index (χ3n) is 4.66. The highest BCUT2D eigenvalue weighted by Gasteiger charge is 2.16. The molecule has 28 heavy (non-hydrogen) atoms. The predicted molar refractivity (Wildman–Crippen MR) is 105 cm³/mol. The summed E-state index contributed by atoms with van der Waals surface area (Å²) in [5.41, 5.74) is 1.47. The van der Waals surface area contributed by atoms with Crippen LogP contribution in [0.4, 0.5) is 14.5 Å². The number of nitrogens with zero attached hydrogens (tertiary/aromatic N) is 1. The number of para-hydroxylation sites is 2. The van der Waals surface area contributed by atoms with Gasteiger partial charge < -0.3 is 9.88 Å². The van der Waals surface area contributed by atoms with Crippen molar-refractivity contribution >= 4 is 33.4 Å². The van der Waals surface area contributed by atoms with Gasteiger partial charge in [0.05, 0.1) is 11.0 Å². The number of rotatable bonds is 3. The van der Waals surface area contributed by atoms with Gasteiger partial charge in [0.15, 0.2) is 5.43 Å². The molecule has 3 aromatic carbocycles. The molecule has 4 nitrogen and oxygen atoms in total. The minimum atomic E-state index is -0.849. The van der Waals surface area contributed by atoms with Crippen molar-refractivity contribution in [2.45, 2.75) is 13.5 Å². The summed E-state index contributed by atoms with van der Waals surface area (Å²) in [6.07, 6.45) is 0. The number of pyridine rings is 1. The molecule has 0 aliphatic rings. The third kappa shape index (κ3) is 3.03. The van der Waals surface area contributed by atoms with Gasteiger partial charge in [-0.3, -0.25) is 9.59 Å². The summed E-state index contributed by atoms with van der Waals surface area (Å²) in [7, 11) is 0. The molecule has 1 amide bonds. The number of hydrogen-bond acceptors (Lipinski definition) is 2. The summed E-state index contributed by atoms with van der Waals surface area (Å²) in [6.45, 7) is 1.68. The van der Waals surface area contributed by atoms with Crippen molar-refractivity contribution in [1.82, 2.24) is 4.57 Å². The Morgan fingerprint density at radius 2 is 1.61 bits per heavy atom. The molecule has 0 aliphatic carbocycles. The molecule has 140 valence electrons. The number of halogens is 2. The van der Waals surface area contributed by atoms with Gasteiger partial charge >= 0.3 is 0 Å². The highest BCUT2D eigenvalue weighted by atomic mass is 19.1. The Morgan fingerprint density at radius 1 is 0.929 bits per heavy atom. The van der Waals surface area contributed by atoms with E-state index < -0.39 is 23.2 Å². The number of benzene rings is 3. The smallest absolute Gasteiger partial charge is 0.244 e. The van der Waals surface area contributed by atoms with Crippen LogP contribution in [0.3, 0.4) is 0 Å². The molecule has 0 saturated carbocycles. The van der Waals surface area contributed by atoms with Crippen LogP contribution in [0.2, 0.25) is 0 Å². The van der Waals surface area contributed by atoms with Gasteiger partial charge in [-0.15, -0.1) is 0 Å². The molecule has 1 heterocycles.